The van der Waals surface area contributed by atoms with E-state index in [0.717, 1.165) is 27.8 Å². The summed E-state index contributed by atoms with van der Waals surface area (Å²) in [7, 11) is 1.87. The number of hydrogen-bond acceptors (Lipinski definition) is 2. The Morgan fingerprint density at radius 3 is 2.52 bits per heavy atom. The zero-order chi connectivity index (χ0) is 15.4. The quantitative estimate of drug-likeness (QED) is 0.869. The average Bonchev–Trinajstić information content (AvgIpc) is 2.81. The Labute approximate surface area is 132 Å². The summed E-state index contributed by atoms with van der Waals surface area (Å²) >= 11 is 3.39. The van der Waals surface area contributed by atoms with Crippen molar-refractivity contribution in [3.63, 3.8) is 0 Å². The molecule has 0 radical (unpaired) electrons. The van der Waals surface area contributed by atoms with E-state index in [9.17, 15) is 9.90 Å². The zero-order valence-electron chi connectivity index (χ0n) is 12.2. The molecule has 0 spiro atoms. The van der Waals surface area contributed by atoms with E-state index in [1.165, 1.54) is 0 Å². The fourth-order valence-electron chi connectivity index (χ4n) is 2.34. The number of aliphatic carboxylic acids is 1. The molecular weight excluding hydrogens is 332 g/mol. The van der Waals surface area contributed by atoms with E-state index in [-0.39, 0.29) is 0 Å². The standard InChI is InChI=1S/C16H19BrN2O2/c1-3-14-10-15(19(2)18-14)9-12(16(20)21)8-11-4-6-13(17)7-5-11/h4-7,10,12H,3,8-9H2,1-2H3,(H,20,21). The van der Waals surface area contributed by atoms with Crippen LogP contribution >= 0.6 is 15.9 Å². The van der Waals surface area contributed by atoms with Crippen LogP contribution in [0.25, 0.3) is 0 Å². The van der Waals surface area contributed by atoms with Crippen molar-refractivity contribution in [1.29, 1.82) is 0 Å². The van der Waals surface area contributed by atoms with Gasteiger partial charge in [-0.15, -0.1) is 0 Å². The van der Waals surface area contributed by atoms with Crippen LogP contribution in [0.1, 0.15) is 23.9 Å². The number of carboxylic acid groups (broad SMARTS) is 1. The van der Waals surface area contributed by atoms with Crippen molar-refractivity contribution < 1.29 is 9.90 Å². The third-order valence-electron chi connectivity index (χ3n) is 3.59. The second kappa shape index (κ2) is 6.89. The minimum absolute atomic E-state index is 0.439. The molecule has 1 unspecified atom stereocenters. The van der Waals surface area contributed by atoms with Crippen molar-refractivity contribution in [3.8, 4) is 0 Å². The summed E-state index contributed by atoms with van der Waals surface area (Å²) in [6.45, 7) is 2.04. The molecule has 1 atom stereocenters. The van der Waals surface area contributed by atoms with Crippen molar-refractivity contribution in [2.45, 2.75) is 26.2 Å². The first kappa shape index (κ1) is 15.8. The number of halogens is 1. The minimum Gasteiger partial charge on any atom is -0.481 e. The molecule has 0 fully saturated rings. The van der Waals surface area contributed by atoms with Gasteiger partial charge in [-0.1, -0.05) is 35.0 Å². The number of hydrogen-bond donors (Lipinski definition) is 1. The van der Waals surface area contributed by atoms with Crippen molar-refractivity contribution in [1.82, 2.24) is 9.78 Å². The van der Waals surface area contributed by atoms with Crippen LogP contribution in [0, 0.1) is 5.92 Å². The van der Waals surface area contributed by atoms with Crippen LogP contribution in [0.4, 0.5) is 0 Å². The Kier molecular flexibility index (Phi) is 5.17. The Morgan fingerprint density at radius 2 is 2.00 bits per heavy atom. The van der Waals surface area contributed by atoms with Gasteiger partial charge in [-0.05, 0) is 36.6 Å². The van der Waals surface area contributed by atoms with Gasteiger partial charge in [0.05, 0.1) is 11.6 Å². The van der Waals surface area contributed by atoms with E-state index in [1.807, 2.05) is 44.3 Å². The predicted molar refractivity (Wildman–Crippen MR) is 85.3 cm³/mol. The molecule has 1 N–H and O–H groups in total. The van der Waals surface area contributed by atoms with Gasteiger partial charge in [-0.2, -0.15) is 5.10 Å². The molecule has 0 aliphatic rings. The van der Waals surface area contributed by atoms with Crippen molar-refractivity contribution in [3.05, 3.63) is 51.8 Å². The fourth-order valence-corrected chi connectivity index (χ4v) is 2.60. The third-order valence-corrected chi connectivity index (χ3v) is 4.12. The number of carboxylic acids is 1. The van der Waals surface area contributed by atoms with Crippen LogP contribution in [-0.2, 0) is 31.1 Å². The zero-order valence-corrected chi connectivity index (χ0v) is 13.8. The summed E-state index contributed by atoms with van der Waals surface area (Å²) in [4.78, 5) is 11.5. The summed E-state index contributed by atoms with van der Waals surface area (Å²) in [6, 6.07) is 9.79. The van der Waals surface area contributed by atoms with Crippen molar-refractivity contribution in [2.75, 3.05) is 0 Å². The van der Waals surface area contributed by atoms with E-state index in [4.69, 9.17) is 0 Å². The second-order valence-corrected chi connectivity index (χ2v) is 6.09. The summed E-state index contributed by atoms with van der Waals surface area (Å²) in [5.41, 5.74) is 3.00. The Hall–Kier alpha value is -1.62. The van der Waals surface area contributed by atoms with Gasteiger partial charge in [-0.3, -0.25) is 9.48 Å². The van der Waals surface area contributed by atoms with Crippen LogP contribution in [0.5, 0.6) is 0 Å². The number of nitrogens with zero attached hydrogens (tertiary/aromatic N) is 2. The first-order valence-corrected chi connectivity index (χ1v) is 7.78. The molecular formula is C16H19BrN2O2. The highest BCUT2D eigenvalue weighted by molar-refractivity contribution is 9.10. The molecule has 0 saturated heterocycles. The number of aryl methyl sites for hydroxylation is 2. The molecule has 0 aliphatic carbocycles. The molecule has 2 aromatic rings. The lowest BCUT2D eigenvalue weighted by Gasteiger charge is -2.12. The molecule has 112 valence electrons. The third kappa shape index (κ3) is 4.17. The van der Waals surface area contributed by atoms with Crippen LogP contribution in [0.3, 0.4) is 0 Å². The van der Waals surface area contributed by atoms with E-state index in [2.05, 4.69) is 21.0 Å². The molecule has 5 heteroatoms. The second-order valence-electron chi connectivity index (χ2n) is 5.17. The van der Waals surface area contributed by atoms with Crippen LogP contribution < -0.4 is 0 Å². The summed E-state index contributed by atoms with van der Waals surface area (Å²) in [5.74, 6) is -1.21. The van der Waals surface area contributed by atoms with E-state index >= 15 is 0 Å². The van der Waals surface area contributed by atoms with E-state index in [1.54, 1.807) is 4.68 Å². The highest BCUT2D eigenvalue weighted by atomic mass is 79.9. The lowest BCUT2D eigenvalue weighted by atomic mass is 9.94. The maximum Gasteiger partial charge on any atom is 0.307 e. The SMILES string of the molecule is CCc1cc(CC(Cc2ccc(Br)cc2)C(=O)O)n(C)n1. The predicted octanol–water partition coefficient (Wildman–Crippen LogP) is 3.23. The highest BCUT2D eigenvalue weighted by Crippen LogP contribution is 2.18. The molecule has 2 rings (SSSR count). The summed E-state index contributed by atoms with van der Waals surface area (Å²) < 4.78 is 2.79. The highest BCUT2D eigenvalue weighted by Gasteiger charge is 2.20. The van der Waals surface area contributed by atoms with Crippen molar-refractivity contribution in [2.24, 2.45) is 13.0 Å². The first-order valence-electron chi connectivity index (χ1n) is 6.98. The molecule has 0 amide bonds. The van der Waals surface area contributed by atoms with E-state index < -0.39 is 11.9 Å². The molecule has 0 bridgehead atoms. The maximum absolute atomic E-state index is 11.5. The van der Waals surface area contributed by atoms with Crippen LogP contribution in [0.15, 0.2) is 34.8 Å². The van der Waals surface area contributed by atoms with Gasteiger partial charge in [0, 0.05) is 23.6 Å². The molecule has 1 aromatic heterocycles. The Balaban J connectivity index is 2.13. The molecule has 0 saturated carbocycles. The molecule has 1 heterocycles. The Bertz CT molecular complexity index is 620. The molecule has 21 heavy (non-hydrogen) atoms. The fraction of sp³-hybridized carbons (Fsp3) is 0.375. The van der Waals surface area contributed by atoms with Gasteiger partial charge >= 0.3 is 5.97 Å². The average molecular weight is 351 g/mol. The molecule has 4 nitrogen and oxygen atoms in total. The number of carbonyl (C=O) groups is 1. The van der Waals surface area contributed by atoms with Gasteiger partial charge in [0.2, 0.25) is 0 Å². The van der Waals surface area contributed by atoms with Crippen LogP contribution in [0.2, 0.25) is 0 Å². The topological polar surface area (TPSA) is 55.1 Å². The van der Waals surface area contributed by atoms with Gasteiger partial charge in [-0.25, -0.2) is 0 Å². The number of benzene rings is 1. The molecule has 1 aromatic carbocycles. The van der Waals surface area contributed by atoms with Gasteiger partial charge < -0.3 is 5.11 Å². The minimum atomic E-state index is -0.767. The summed E-state index contributed by atoms with van der Waals surface area (Å²) in [6.07, 6.45) is 1.88. The summed E-state index contributed by atoms with van der Waals surface area (Å²) in [5, 5.41) is 13.8. The monoisotopic (exact) mass is 350 g/mol. The number of rotatable bonds is 6. The van der Waals surface area contributed by atoms with Crippen LogP contribution in [-0.4, -0.2) is 20.9 Å². The lowest BCUT2D eigenvalue weighted by Crippen LogP contribution is -2.20. The molecule has 0 aliphatic heterocycles. The normalized spacial score (nSPS) is 12.3. The van der Waals surface area contributed by atoms with Gasteiger partial charge in [0.25, 0.3) is 0 Å². The largest absolute Gasteiger partial charge is 0.481 e. The first-order chi connectivity index (χ1) is 9.99. The Morgan fingerprint density at radius 1 is 1.33 bits per heavy atom. The maximum atomic E-state index is 11.5. The van der Waals surface area contributed by atoms with E-state index in [0.29, 0.717) is 12.8 Å². The number of aromatic nitrogens is 2. The van der Waals surface area contributed by atoms with Crippen molar-refractivity contribution >= 4 is 21.9 Å². The van der Waals surface area contributed by atoms with Gasteiger partial charge in [0.15, 0.2) is 0 Å². The van der Waals surface area contributed by atoms with Gasteiger partial charge in [0.1, 0.15) is 0 Å². The smallest absolute Gasteiger partial charge is 0.307 e. The lowest BCUT2D eigenvalue weighted by molar-refractivity contribution is -0.141.